The molecule has 0 bridgehead atoms. The van der Waals surface area contributed by atoms with Gasteiger partial charge in [0.25, 0.3) is 0 Å². The average molecular weight is 689 g/mol. The molecule has 0 spiro atoms. The highest BCUT2D eigenvalue weighted by Gasteiger charge is 2.27. The maximum absolute atomic E-state index is 13.7. The molecule has 0 saturated carbocycles. The van der Waals surface area contributed by atoms with Gasteiger partial charge in [-0.3, -0.25) is 14.4 Å². The van der Waals surface area contributed by atoms with Crippen LogP contribution in [0.25, 0.3) is 0 Å². The Kier molecular flexibility index (Phi) is 14.4. The molecule has 4 atom stereocenters. The first-order valence-electron chi connectivity index (χ1n) is 17.8. The first-order valence-corrected chi connectivity index (χ1v) is 17.8. The molecule has 0 saturated heterocycles. The van der Waals surface area contributed by atoms with Gasteiger partial charge in [-0.25, -0.2) is 0 Å². The molecule has 266 valence electrons. The SMILES string of the molecule is O=C(C[C@H]1CC=CCC[C@H](Cc2ccccc2)C(=O)OC[C@@H](Cc2ccccc2)NC1=O)N[C@H](CO)Cc1ccc(OCc2ccccc2)cc1. The van der Waals surface area contributed by atoms with Crippen molar-refractivity contribution in [2.45, 2.75) is 63.6 Å². The molecule has 1 aliphatic rings. The molecule has 51 heavy (non-hydrogen) atoms. The third-order valence-corrected chi connectivity index (χ3v) is 9.07. The number of carbonyl (C=O) groups is 3. The largest absolute Gasteiger partial charge is 0.489 e. The number of ether oxygens (including phenoxy) is 2. The van der Waals surface area contributed by atoms with Gasteiger partial charge in [0.15, 0.2) is 0 Å². The molecule has 4 aromatic carbocycles. The fraction of sp³-hybridized carbons (Fsp3) is 0.326. The molecular formula is C43H48N2O6. The highest BCUT2D eigenvalue weighted by atomic mass is 16.5. The van der Waals surface area contributed by atoms with Crippen molar-refractivity contribution in [1.29, 1.82) is 0 Å². The zero-order chi connectivity index (χ0) is 35.7. The lowest BCUT2D eigenvalue weighted by atomic mass is 9.94. The van der Waals surface area contributed by atoms with Crippen LogP contribution in [0.1, 0.15) is 47.9 Å². The lowest BCUT2D eigenvalue weighted by Crippen LogP contribution is -2.45. The summed E-state index contributed by atoms with van der Waals surface area (Å²) in [7, 11) is 0. The third-order valence-electron chi connectivity index (χ3n) is 9.07. The number of nitrogens with one attached hydrogen (secondary N) is 2. The van der Waals surface area contributed by atoms with E-state index in [0.717, 1.165) is 28.0 Å². The lowest BCUT2D eigenvalue weighted by molar-refractivity contribution is -0.150. The van der Waals surface area contributed by atoms with E-state index in [9.17, 15) is 19.5 Å². The second-order valence-corrected chi connectivity index (χ2v) is 13.2. The van der Waals surface area contributed by atoms with Crippen molar-refractivity contribution in [2.75, 3.05) is 13.2 Å². The first-order chi connectivity index (χ1) is 24.9. The van der Waals surface area contributed by atoms with Crippen LogP contribution in [-0.2, 0) is 45.0 Å². The maximum atomic E-state index is 13.7. The Hall–Kier alpha value is -5.21. The second-order valence-electron chi connectivity index (χ2n) is 13.2. The predicted molar refractivity (Wildman–Crippen MR) is 198 cm³/mol. The Morgan fingerprint density at radius 3 is 2.06 bits per heavy atom. The van der Waals surface area contributed by atoms with Crippen LogP contribution in [0.4, 0.5) is 0 Å². The van der Waals surface area contributed by atoms with Crippen LogP contribution < -0.4 is 15.4 Å². The molecule has 0 fully saturated rings. The van der Waals surface area contributed by atoms with Crippen molar-refractivity contribution in [3.8, 4) is 5.75 Å². The van der Waals surface area contributed by atoms with Crippen molar-refractivity contribution in [2.24, 2.45) is 11.8 Å². The van der Waals surface area contributed by atoms with E-state index in [0.29, 0.717) is 45.1 Å². The summed E-state index contributed by atoms with van der Waals surface area (Å²) in [5.41, 5.74) is 4.08. The van der Waals surface area contributed by atoms with Gasteiger partial charge in [-0.1, -0.05) is 115 Å². The third kappa shape index (κ3) is 12.6. The highest BCUT2D eigenvalue weighted by molar-refractivity contribution is 5.86. The number of cyclic esters (lactones) is 1. The molecule has 8 nitrogen and oxygen atoms in total. The number of esters is 1. The van der Waals surface area contributed by atoms with Crippen LogP contribution in [0.3, 0.4) is 0 Å². The summed E-state index contributed by atoms with van der Waals surface area (Å²) in [5.74, 6) is -1.10. The van der Waals surface area contributed by atoms with E-state index in [1.54, 1.807) is 0 Å². The van der Waals surface area contributed by atoms with Crippen molar-refractivity contribution < 1.29 is 29.0 Å². The van der Waals surface area contributed by atoms with Crippen LogP contribution in [0, 0.1) is 11.8 Å². The van der Waals surface area contributed by atoms with Gasteiger partial charge in [-0.15, -0.1) is 0 Å². The topological polar surface area (TPSA) is 114 Å². The van der Waals surface area contributed by atoms with E-state index in [-0.39, 0.29) is 43.3 Å². The Labute approximate surface area is 300 Å². The molecular weight excluding hydrogens is 640 g/mol. The lowest BCUT2D eigenvalue weighted by Gasteiger charge is -2.24. The van der Waals surface area contributed by atoms with Gasteiger partial charge in [0.05, 0.1) is 30.5 Å². The minimum absolute atomic E-state index is 0.0276. The number of benzene rings is 4. The molecule has 0 aliphatic carbocycles. The smallest absolute Gasteiger partial charge is 0.309 e. The molecule has 8 heteroatoms. The predicted octanol–water partition coefficient (Wildman–Crippen LogP) is 6.16. The maximum Gasteiger partial charge on any atom is 0.309 e. The van der Waals surface area contributed by atoms with Crippen LogP contribution in [0.2, 0.25) is 0 Å². The average Bonchev–Trinajstić information content (AvgIpc) is 3.17. The highest BCUT2D eigenvalue weighted by Crippen LogP contribution is 2.20. The molecule has 4 aromatic rings. The van der Waals surface area contributed by atoms with E-state index < -0.39 is 18.0 Å². The number of allylic oxidation sites excluding steroid dienone is 2. The fourth-order valence-corrected chi connectivity index (χ4v) is 6.25. The number of hydrogen-bond donors (Lipinski definition) is 3. The fourth-order valence-electron chi connectivity index (χ4n) is 6.25. The van der Waals surface area contributed by atoms with Crippen molar-refractivity contribution in [1.82, 2.24) is 10.6 Å². The van der Waals surface area contributed by atoms with E-state index in [1.165, 1.54) is 0 Å². The van der Waals surface area contributed by atoms with E-state index in [4.69, 9.17) is 9.47 Å². The molecule has 0 aromatic heterocycles. The number of carbonyl (C=O) groups excluding carboxylic acids is 3. The zero-order valence-electron chi connectivity index (χ0n) is 29.0. The summed E-state index contributed by atoms with van der Waals surface area (Å²) in [6, 6.07) is 36.2. The van der Waals surface area contributed by atoms with Gasteiger partial charge in [0.1, 0.15) is 19.0 Å². The summed E-state index contributed by atoms with van der Waals surface area (Å²) in [6.07, 6.45) is 6.94. The molecule has 2 amide bonds. The van der Waals surface area contributed by atoms with Gasteiger partial charge in [-0.2, -0.15) is 0 Å². The van der Waals surface area contributed by atoms with Gasteiger partial charge in [0.2, 0.25) is 11.8 Å². The molecule has 1 aliphatic heterocycles. The quantitative estimate of drug-likeness (QED) is 0.115. The van der Waals surface area contributed by atoms with E-state index in [2.05, 4.69) is 10.6 Å². The Bertz CT molecular complexity index is 1680. The molecule has 5 rings (SSSR count). The van der Waals surface area contributed by atoms with Crippen molar-refractivity contribution in [3.63, 3.8) is 0 Å². The standard InChI is InChI=1S/C43H48N2O6/c46-29-38(26-34-21-23-40(24-22-34)50-30-35-17-9-3-10-18-35)44-41(47)28-36-19-11-4-12-20-37(25-32-13-5-1-6-14-32)43(49)51-31-39(45-42(36)48)27-33-15-7-2-8-16-33/h1-11,13-18,21-24,36-39,46H,12,19-20,25-31H2,(H,44,47)(H,45,48)/t36-,37-,38+,39-/m1/s1. The number of aliphatic hydroxyl groups is 1. The van der Waals surface area contributed by atoms with Crippen molar-refractivity contribution >= 4 is 17.8 Å². The van der Waals surface area contributed by atoms with E-state index >= 15 is 0 Å². The summed E-state index contributed by atoms with van der Waals surface area (Å²) in [6.45, 7) is 0.246. The van der Waals surface area contributed by atoms with Crippen LogP contribution >= 0.6 is 0 Å². The normalized spacial score (nSPS) is 19.0. The number of hydrogen-bond acceptors (Lipinski definition) is 6. The number of rotatable bonds is 13. The van der Waals surface area contributed by atoms with Gasteiger partial charge in [-0.05, 0) is 72.9 Å². The Morgan fingerprint density at radius 2 is 1.41 bits per heavy atom. The monoisotopic (exact) mass is 688 g/mol. The van der Waals surface area contributed by atoms with Gasteiger partial charge in [0, 0.05) is 6.42 Å². The van der Waals surface area contributed by atoms with Crippen LogP contribution in [0.15, 0.2) is 127 Å². The van der Waals surface area contributed by atoms with E-state index in [1.807, 2.05) is 127 Å². The molecule has 1 heterocycles. The molecule has 0 unspecified atom stereocenters. The summed E-state index contributed by atoms with van der Waals surface area (Å²) >= 11 is 0. The molecule has 0 radical (unpaired) electrons. The number of amides is 2. The van der Waals surface area contributed by atoms with Crippen molar-refractivity contribution in [3.05, 3.63) is 150 Å². The summed E-state index contributed by atoms with van der Waals surface area (Å²) in [4.78, 5) is 40.4. The number of aliphatic hydroxyl groups excluding tert-OH is 1. The summed E-state index contributed by atoms with van der Waals surface area (Å²) in [5, 5.41) is 16.2. The Balaban J connectivity index is 1.21. The van der Waals surface area contributed by atoms with Crippen LogP contribution in [0.5, 0.6) is 5.75 Å². The second kappa shape index (κ2) is 19.8. The Morgan fingerprint density at radius 1 is 0.784 bits per heavy atom. The zero-order valence-corrected chi connectivity index (χ0v) is 29.0. The minimum Gasteiger partial charge on any atom is -0.489 e. The van der Waals surface area contributed by atoms with Gasteiger partial charge >= 0.3 is 5.97 Å². The minimum atomic E-state index is -0.642. The van der Waals surface area contributed by atoms with Crippen LogP contribution in [-0.4, -0.2) is 48.2 Å². The molecule has 3 N–H and O–H groups in total. The summed E-state index contributed by atoms with van der Waals surface area (Å²) < 4.78 is 11.7. The first kappa shape index (κ1) is 37.1. The van der Waals surface area contributed by atoms with Gasteiger partial charge < -0.3 is 25.2 Å².